The number of H-pyrrole nitrogens is 1. The zero-order valence-electron chi connectivity index (χ0n) is 17.7. The smallest absolute Gasteiger partial charge is 0.334 e. The van der Waals surface area contributed by atoms with E-state index in [0.717, 1.165) is 44.1 Å². The van der Waals surface area contributed by atoms with Gasteiger partial charge in [-0.05, 0) is 24.3 Å². The summed E-state index contributed by atoms with van der Waals surface area (Å²) in [6, 6.07) is 9.65. The normalized spacial score (nSPS) is 11.7. The van der Waals surface area contributed by atoms with Crippen molar-refractivity contribution in [2.75, 3.05) is 7.11 Å². The van der Waals surface area contributed by atoms with Gasteiger partial charge in [0, 0.05) is 54.5 Å². The maximum absolute atomic E-state index is 13.3. The van der Waals surface area contributed by atoms with Crippen molar-refractivity contribution in [2.24, 2.45) is 14.1 Å². The number of benzene rings is 1. The van der Waals surface area contributed by atoms with E-state index in [9.17, 15) is 4.79 Å². The first kappa shape index (κ1) is 18.4. The van der Waals surface area contributed by atoms with Crippen molar-refractivity contribution in [3.05, 3.63) is 65.6 Å². The molecule has 6 aromatic rings. The lowest BCUT2D eigenvalue weighted by Gasteiger charge is -2.11. The quantitative estimate of drug-likeness (QED) is 0.470. The van der Waals surface area contributed by atoms with E-state index < -0.39 is 0 Å². The van der Waals surface area contributed by atoms with Crippen LogP contribution in [0.2, 0.25) is 0 Å². The van der Waals surface area contributed by atoms with Crippen molar-refractivity contribution in [2.45, 2.75) is 0 Å². The molecule has 0 bridgehead atoms. The van der Waals surface area contributed by atoms with Gasteiger partial charge in [-0.2, -0.15) is 5.10 Å². The number of rotatable bonds is 3. The highest BCUT2D eigenvalue weighted by atomic mass is 16.5. The van der Waals surface area contributed by atoms with Crippen molar-refractivity contribution in [1.82, 2.24) is 33.9 Å². The van der Waals surface area contributed by atoms with Crippen LogP contribution in [0.4, 0.5) is 0 Å². The standard InChI is InChI=1S/C23H19N7O2/c1-28-12-14(10-26-28)15-8-16-17(9-19(15)32-3)25-11-18-21(16)30(23(31)29(18)2)20-5-4-13-6-7-24-22(13)27-20/h4-12H,1-3H3,(H,24,27). The van der Waals surface area contributed by atoms with E-state index in [0.29, 0.717) is 11.6 Å². The molecule has 0 radical (unpaired) electrons. The molecule has 5 aromatic heterocycles. The Kier molecular flexibility index (Phi) is 3.76. The topological polar surface area (TPSA) is 95.6 Å². The van der Waals surface area contributed by atoms with Gasteiger partial charge in [-0.3, -0.25) is 14.2 Å². The van der Waals surface area contributed by atoms with Gasteiger partial charge in [0.05, 0.1) is 36.1 Å². The Morgan fingerprint density at radius 1 is 1.09 bits per heavy atom. The summed E-state index contributed by atoms with van der Waals surface area (Å²) in [5, 5.41) is 6.10. The summed E-state index contributed by atoms with van der Waals surface area (Å²) in [7, 11) is 5.25. The average molecular weight is 425 g/mol. The highest BCUT2D eigenvalue weighted by Gasteiger charge is 2.19. The number of nitrogens with one attached hydrogen (secondary N) is 1. The molecular weight excluding hydrogens is 406 g/mol. The number of methoxy groups -OCH3 is 1. The number of fused-ring (bicyclic) bond motifs is 4. The van der Waals surface area contributed by atoms with E-state index in [1.165, 1.54) is 0 Å². The van der Waals surface area contributed by atoms with Gasteiger partial charge in [0.1, 0.15) is 17.2 Å². The molecule has 0 fully saturated rings. The Balaban J connectivity index is 1.74. The molecule has 158 valence electrons. The number of ether oxygens (including phenoxy) is 1. The number of nitrogens with zero attached hydrogens (tertiary/aromatic N) is 6. The lowest BCUT2D eigenvalue weighted by molar-refractivity contribution is 0.417. The highest BCUT2D eigenvalue weighted by molar-refractivity contribution is 6.05. The molecule has 0 atom stereocenters. The molecule has 0 aliphatic heterocycles. The van der Waals surface area contributed by atoms with Crippen molar-refractivity contribution in [1.29, 1.82) is 0 Å². The van der Waals surface area contributed by atoms with Crippen LogP contribution in [-0.4, -0.2) is 41.0 Å². The summed E-state index contributed by atoms with van der Waals surface area (Å²) in [4.78, 5) is 25.7. The van der Waals surface area contributed by atoms with Gasteiger partial charge < -0.3 is 9.72 Å². The second kappa shape index (κ2) is 6.55. The monoisotopic (exact) mass is 425 g/mol. The van der Waals surface area contributed by atoms with Crippen LogP contribution in [0.25, 0.3) is 49.9 Å². The number of hydrogen-bond donors (Lipinski definition) is 1. The Morgan fingerprint density at radius 3 is 2.75 bits per heavy atom. The van der Waals surface area contributed by atoms with Gasteiger partial charge in [0.15, 0.2) is 0 Å². The maximum Gasteiger partial charge on any atom is 0.334 e. The molecule has 0 saturated carbocycles. The molecule has 0 unspecified atom stereocenters. The Morgan fingerprint density at radius 2 is 1.97 bits per heavy atom. The second-order valence-electron chi connectivity index (χ2n) is 7.73. The summed E-state index contributed by atoms with van der Waals surface area (Å²) in [5.41, 5.74) is 4.51. The first-order valence-corrected chi connectivity index (χ1v) is 10.1. The van der Waals surface area contributed by atoms with E-state index >= 15 is 0 Å². The zero-order valence-corrected chi connectivity index (χ0v) is 17.7. The minimum Gasteiger partial charge on any atom is -0.496 e. The van der Waals surface area contributed by atoms with Crippen LogP contribution in [0.3, 0.4) is 0 Å². The van der Waals surface area contributed by atoms with Crippen LogP contribution in [0.1, 0.15) is 0 Å². The molecule has 0 saturated heterocycles. The number of aromatic amines is 1. The van der Waals surface area contributed by atoms with Crippen molar-refractivity contribution >= 4 is 33.0 Å². The maximum atomic E-state index is 13.3. The predicted octanol–water partition coefficient (Wildman–Crippen LogP) is 3.16. The molecule has 9 nitrogen and oxygen atoms in total. The molecule has 0 aliphatic rings. The SMILES string of the molecule is COc1cc2ncc3c(c2cc1-c1cnn(C)c1)n(-c1ccc2cc[nH]c2n1)c(=O)n3C. The lowest BCUT2D eigenvalue weighted by atomic mass is 10.0. The largest absolute Gasteiger partial charge is 0.496 e. The van der Waals surface area contributed by atoms with Crippen molar-refractivity contribution in [3.8, 4) is 22.7 Å². The first-order chi connectivity index (χ1) is 15.5. The third-order valence-corrected chi connectivity index (χ3v) is 5.84. The molecule has 6 rings (SSSR count). The molecule has 1 N–H and O–H groups in total. The van der Waals surface area contributed by atoms with Crippen LogP contribution in [0, 0.1) is 0 Å². The lowest BCUT2D eigenvalue weighted by Crippen LogP contribution is -2.21. The summed E-state index contributed by atoms with van der Waals surface area (Å²) in [5.74, 6) is 1.23. The molecule has 0 amide bonds. The first-order valence-electron chi connectivity index (χ1n) is 10.1. The Hall–Kier alpha value is -4.40. The van der Waals surface area contributed by atoms with Crippen molar-refractivity contribution < 1.29 is 4.74 Å². The van der Waals surface area contributed by atoms with Gasteiger partial charge in [-0.1, -0.05) is 0 Å². The van der Waals surface area contributed by atoms with Gasteiger partial charge >= 0.3 is 5.69 Å². The van der Waals surface area contributed by atoms with E-state index in [4.69, 9.17) is 4.74 Å². The van der Waals surface area contributed by atoms with Crippen molar-refractivity contribution in [3.63, 3.8) is 0 Å². The van der Waals surface area contributed by atoms with E-state index in [2.05, 4.69) is 20.1 Å². The second-order valence-corrected chi connectivity index (χ2v) is 7.73. The number of pyridine rings is 2. The van der Waals surface area contributed by atoms with Crippen LogP contribution < -0.4 is 10.4 Å². The Bertz CT molecular complexity index is 1720. The fourth-order valence-electron chi connectivity index (χ4n) is 4.24. The number of aryl methyl sites for hydroxylation is 2. The number of hydrogen-bond acceptors (Lipinski definition) is 5. The highest BCUT2D eigenvalue weighted by Crippen LogP contribution is 2.36. The fourth-order valence-corrected chi connectivity index (χ4v) is 4.24. The molecule has 32 heavy (non-hydrogen) atoms. The van der Waals surface area contributed by atoms with E-state index in [1.807, 2.05) is 49.8 Å². The number of aromatic nitrogens is 7. The van der Waals surface area contributed by atoms with Gasteiger partial charge in [0.25, 0.3) is 0 Å². The molecule has 0 spiro atoms. The molecule has 9 heteroatoms. The number of imidazole rings is 1. The summed E-state index contributed by atoms with van der Waals surface area (Å²) < 4.78 is 10.6. The van der Waals surface area contributed by atoms with Crippen LogP contribution in [0.15, 0.2) is 59.9 Å². The van der Waals surface area contributed by atoms with Gasteiger partial charge in [-0.15, -0.1) is 0 Å². The molecule has 0 aliphatic carbocycles. The van der Waals surface area contributed by atoms with Gasteiger partial charge in [0.2, 0.25) is 0 Å². The van der Waals surface area contributed by atoms with E-state index in [1.54, 1.807) is 40.4 Å². The summed E-state index contributed by atoms with van der Waals surface area (Å²) in [6.07, 6.45) is 7.26. The molecule has 5 heterocycles. The van der Waals surface area contributed by atoms with Crippen LogP contribution >= 0.6 is 0 Å². The molecule has 1 aromatic carbocycles. The fraction of sp³-hybridized carbons (Fsp3) is 0.130. The third-order valence-electron chi connectivity index (χ3n) is 5.84. The molecular formula is C23H19N7O2. The average Bonchev–Trinajstić information content (AvgIpc) is 3.51. The Labute approximate surface area is 181 Å². The van der Waals surface area contributed by atoms with Gasteiger partial charge in [-0.25, -0.2) is 14.3 Å². The van der Waals surface area contributed by atoms with Crippen LogP contribution in [-0.2, 0) is 14.1 Å². The third kappa shape index (κ3) is 2.51. The van der Waals surface area contributed by atoms with E-state index in [-0.39, 0.29) is 5.69 Å². The summed E-state index contributed by atoms with van der Waals surface area (Å²) in [6.45, 7) is 0. The zero-order chi connectivity index (χ0) is 22.0. The minimum atomic E-state index is -0.188. The minimum absolute atomic E-state index is 0.188. The summed E-state index contributed by atoms with van der Waals surface area (Å²) >= 11 is 0. The predicted molar refractivity (Wildman–Crippen MR) is 122 cm³/mol. The van der Waals surface area contributed by atoms with Crippen LogP contribution in [0.5, 0.6) is 5.75 Å².